The van der Waals surface area contributed by atoms with E-state index in [1.54, 1.807) is 4.57 Å². The highest BCUT2D eigenvalue weighted by molar-refractivity contribution is 7.00. The first-order valence-electron chi connectivity index (χ1n) is 40.9. The van der Waals surface area contributed by atoms with Crippen molar-refractivity contribution >= 4 is 123 Å². The van der Waals surface area contributed by atoms with Crippen molar-refractivity contribution < 1.29 is 26.7 Å². The molecular formula is C94H80BN3O2. The fraction of sp³-hybridized carbons (Fsp3) is 0.170. The number of hydrogen-bond acceptors (Lipinski definition) is 4. The first kappa shape index (κ1) is 48.6. The maximum Gasteiger partial charge on any atom is 0.252 e. The van der Waals surface area contributed by atoms with E-state index in [9.17, 15) is 11.0 Å². The number of aromatic nitrogens is 1. The highest BCUT2D eigenvalue weighted by atomic mass is 16.3. The molecule has 0 aliphatic carbocycles. The average Bonchev–Trinajstić information content (AvgIpc) is 1.66. The van der Waals surface area contributed by atoms with Crippen LogP contribution < -0.4 is 26.2 Å². The van der Waals surface area contributed by atoms with Gasteiger partial charge in [-0.05, 0) is 148 Å². The molecule has 0 amide bonds. The van der Waals surface area contributed by atoms with Crippen LogP contribution in [0.15, 0.2) is 275 Å². The number of benzene rings is 13. The number of hydrogen-bond donors (Lipinski definition) is 0. The van der Waals surface area contributed by atoms with Crippen LogP contribution in [0.1, 0.15) is 123 Å². The van der Waals surface area contributed by atoms with Gasteiger partial charge >= 0.3 is 0 Å². The van der Waals surface area contributed by atoms with Crippen molar-refractivity contribution in [3.8, 4) is 50.2 Å². The summed E-state index contributed by atoms with van der Waals surface area (Å²) in [5.74, 6) is 0. The number of nitrogens with zero attached hydrogens (tertiary/aromatic N) is 3. The molecule has 486 valence electrons. The smallest absolute Gasteiger partial charge is 0.252 e. The molecule has 0 atom stereocenters. The molecule has 0 spiro atoms. The lowest BCUT2D eigenvalue weighted by atomic mass is 9.33. The molecule has 0 N–H and O–H groups in total. The molecule has 6 heteroatoms. The van der Waals surface area contributed by atoms with Crippen LogP contribution in [-0.4, -0.2) is 11.3 Å². The van der Waals surface area contributed by atoms with Crippen LogP contribution in [-0.2, 0) is 21.7 Å². The Balaban J connectivity index is 1.01. The molecule has 0 bridgehead atoms. The lowest BCUT2D eigenvalue weighted by Crippen LogP contribution is -2.61. The molecule has 2 aliphatic rings. The third-order valence-corrected chi connectivity index (χ3v) is 20.7. The van der Waals surface area contributed by atoms with Crippen molar-refractivity contribution in [1.29, 1.82) is 0 Å². The van der Waals surface area contributed by atoms with E-state index in [0.717, 1.165) is 88.1 Å². The number of anilines is 6. The van der Waals surface area contributed by atoms with E-state index in [1.165, 1.54) is 11.1 Å². The van der Waals surface area contributed by atoms with E-state index < -0.39 is 73.2 Å². The molecule has 5 nitrogen and oxygen atoms in total. The van der Waals surface area contributed by atoms with Crippen LogP contribution in [0.5, 0.6) is 0 Å². The molecule has 0 fully saturated rings. The second-order valence-corrected chi connectivity index (χ2v) is 31.2. The first-order chi connectivity index (χ1) is 53.5. The Morgan fingerprint density at radius 1 is 0.300 bits per heavy atom. The van der Waals surface area contributed by atoms with Crippen molar-refractivity contribution in [2.75, 3.05) is 9.80 Å². The molecule has 16 aromatic rings. The zero-order chi connectivity index (χ0) is 79.8. The minimum Gasteiger partial charge on any atom is -0.453 e. The summed E-state index contributed by atoms with van der Waals surface area (Å²) in [5, 5.41) is 3.31. The monoisotopic (exact) mass is 1310 g/mol. The fourth-order valence-electron chi connectivity index (χ4n) is 15.4. The minimum atomic E-state index is -0.705. The lowest BCUT2D eigenvalue weighted by Gasteiger charge is -2.44. The summed E-state index contributed by atoms with van der Waals surface area (Å²) in [6.07, 6.45) is 0. The predicted octanol–water partition coefficient (Wildman–Crippen LogP) is 24.5. The molecule has 18 rings (SSSR count). The van der Waals surface area contributed by atoms with E-state index in [-0.39, 0.29) is 61.1 Å². The van der Waals surface area contributed by atoms with E-state index in [1.807, 2.05) is 54.6 Å². The molecule has 100 heavy (non-hydrogen) atoms. The molecule has 0 saturated carbocycles. The van der Waals surface area contributed by atoms with E-state index >= 15 is 0 Å². The molecule has 13 aromatic carbocycles. The Kier molecular flexibility index (Phi) is 10.8. The van der Waals surface area contributed by atoms with Gasteiger partial charge in [0.1, 0.15) is 11.2 Å². The largest absolute Gasteiger partial charge is 0.453 e. The zero-order valence-electron chi connectivity index (χ0n) is 71.1. The Hall–Kier alpha value is -11.1. The summed E-state index contributed by atoms with van der Waals surface area (Å²) < 4.78 is 138. The van der Waals surface area contributed by atoms with Crippen LogP contribution in [0.3, 0.4) is 0 Å². The van der Waals surface area contributed by atoms with Crippen molar-refractivity contribution in [3.63, 3.8) is 0 Å². The normalized spacial score (nSPS) is 15.2. The summed E-state index contributed by atoms with van der Waals surface area (Å²) in [5.41, 5.74) is 18.6. The van der Waals surface area contributed by atoms with Crippen molar-refractivity contribution in [2.45, 2.75) is 105 Å². The second-order valence-electron chi connectivity index (χ2n) is 31.2. The van der Waals surface area contributed by atoms with Crippen molar-refractivity contribution in [2.24, 2.45) is 0 Å². The van der Waals surface area contributed by atoms with Crippen molar-refractivity contribution in [3.05, 3.63) is 289 Å². The molecule has 0 unspecified atom stereocenters. The Morgan fingerprint density at radius 2 is 0.700 bits per heavy atom. The molecule has 5 heterocycles. The van der Waals surface area contributed by atoms with Gasteiger partial charge in [0.15, 0.2) is 11.2 Å². The standard InChI is InChI=1S/C94H80BN3O2/c1-91(2,3)63-43-38-58(39-44-63)68-28-20-30-72-74-32-22-36-80(89(74)99-87(68)72)97-82-52-60(57-24-14-13-15-25-57)42-48-76(82)95-77-49-47-67(96-78-34-18-16-26-70(78)71-27-17-19-35-79(71)96)56-83(77)98(85-54-62(53-84(97)86(85)95)61-50-65(93(7,8)9)55-66(51-61)94(10,11)12)81-37-23-33-75-73-31-21-29-69(88(73)100-90(75)81)59-40-45-64(46-41-59)92(4,5)6/h13-56H,1-12H3/i13D,14D,15D,16D,17D,18D,19D,24D,25D,26D,27D,34D,35D. The summed E-state index contributed by atoms with van der Waals surface area (Å²) in [6.45, 7) is 25.8. The van der Waals surface area contributed by atoms with Crippen LogP contribution in [0.25, 0.3) is 116 Å². The zero-order valence-corrected chi connectivity index (χ0v) is 58.1. The maximum atomic E-state index is 9.77. The van der Waals surface area contributed by atoms with E-state index in [4.69, 9.17) is 15.7 Å². The Labute approximate surface area is 604 Å². The van der Waals surface area contributed by atoms with Gasteiger partial charge in [0.25, 0.3) is 6.71 Å². The van der Waals surface area contributed by atoms with Gasteiger partial charge in [-0.25, -0.2) is 0 Å². The topological polar surface area (TPSA) is 37.7 Å². The third kappa shape index (κ3) is 9.72. The first-order valence-corrected chi connectivity index (χ1v) is 34.4. The average molecular weight is 1310 g/mol. The minimum absolute atomic E-state index is 0.0164. The molecular weight excluding hydrogens is 1210 g/mol. The maximum absolute atomic E-state index is 9.77. The number of fused-ring (bicyclic) bond motifs is 13. The predicted molar refractivity (Wildman–Crippen MR) is 426 cm³/mol. The number of rotatable bonds is 7. The number of furan rings is 2. The van der Waals surface area contributed by atoms with Gasteiger partial charge in [-0.1, -0.05) is 295 Å². The van der Waals surface area contributed by atoms with Crippen LogP contribution in [0.2, 0.25) is 0 Å². The summed E-state index contributed by atoms with van der Waals surface area (Å²) >= 11 is 0. The van der Waals surface area contributed by atoms with Gasteiger partial charge in [-0.15, -0.1) is 0 Å². The Bertz CT molecular complexity index is 6710. The van der Waals surface area contributed by atoms with E-state index in [0.29, 0.717) is 62.0 Å². The highest BCUT2D eigenvalue weighted by Crippen LogP contribution is 2.53. The fourth-order valence-corrected chi connectivity index (χ4v) is 15.4. The van der Waals surface area contributed by atoms with Gasteiger partial charge < -0.3 is 23.2 Å². The summed E-state index contributed by atoms with van der Waals surface area (Å²) in [6, 6.07) is 58.8. The third-order valence-electron chi connectivity index (χ3n) is 20.7. The van der Waals surface area contributed by atoms with Crippen molar-refractivity contribution in [1.82, 2.24) is 4.57 Å². The molecule has 2 aliphatic heterocycles. The van der Waals surface area contributed by atoms with Crippen LogP contribution in [0.4, 0.5) is 34.1 Å². The van der Waals surface area contributed by atoms with Gasteiger partial charge in [-0.2, -0.15) is 0 Å². The van der Waals surface area contributed by atoms with Gasteiger partial charge in [0.2, 0.25) is 0 Å². The van der Waals surface area contributed by atoms with Gasteiger partial charge in [0, 0.05) is 71.9 Å². The molecule has 3 aromatic heterocycles. The number of para-hydroxylation sites is 6. The second kappa shape index (κ2) is 22.2. The quantitative estimate of drug-likeness (QED) is 0.149. The van der Waals surface area contributed by atoms with Gasteiger partial charge in [0.05, 0.1) is 40.2 Å². The van der Waals surface area contributed by atoms with Crippen LogP contribution >= 0.6 is 0 Å². The summed E-state index contributed by atoms with van der Waals surface area (Å²) in [4.78, 5) is 4.45. The summed E-state index contributed by atoms with van der Waals surface area (Å²) in [7, 11) is 0. The molecule has 0 saturated heterocycles. The SMILES string of the molecule is [2H]c1c([2H])c([2H])c(-c2ccc3c(c2)N(c2cccc4c2oc2c(-c5ccc(C(C)(C)C)cc5)cccc24)c2cc(-c4cc(C(C)(C)C)cc(C(C)(C)C)c4)cc4c2B3c2ccc(-n3c5c([2H])c([2H])c([2H])c([2H])c5c5c([2H])c([2H])c([2H])c([2H])c53)cc2N4c2cccc3c2oc2c(-c4ccc(C(C)(C)C)cc4)cccc23)c([2H])c1[2H]. The van der Waals surface area contributed by atoms with Crippen LogP contribution in [0, 0.1) is 0 Å². The van der Waals surface area contributed by atoms with Gasteiger partial charge in [-0.3, -0.25) is 0 Å². The lowest BCUT2D eigenvalue weighted by molar-refractivity contribution is 0.569. The van der Waals surface area contributed by atoms with E-state index in [2.05, 4.69) is 226 Å². The highest BCUT2D eigenvalue weighted by Gasteiger charge is 2.45. The molecule has 0 radical (unpaired) electrons. The Morgan fingerprint density at radius 3 is 1.18 bits per heavy atom.